The first-order valence-electron chi connectivity index (χ1n) is 12.2. The van der Waals surface area contributed by atoms with Crippen LogP contribution >= 0.6 is 12.2 Å². The molecule has 1 aromatic carbocycles. The van der Waals surface area contributed by atoms with Gasteiger partial charge in [-0.05, 0) is 74.7 Å². The van der Waals surface area contributed by atoms with Crippen molar-refractivity contribution < 1.29 is 27.2 Å². The highest BCUT2D eigenvalue weighted by atomic mass is 32.1. The van der Waals surface area contributed by atoms with Crippen molar-refractivity contribution >= 4 is 40.5 Å². The van der Waals surface area contributed by atoms with Gasteiger partial charge in [-0.3, -0.25) is 19.5 Å². The predicted octanol–water partition coefficient (Wildman–Crippen LogP) is 4.45. The molecule has 1 spiro atoms. The average Bonchev–Trinajstić information content (AvgIpc) is 3.13. The normalized spacial score (nSPS) is 16.3. The first kappa shape index (κ1) is 27.1. The zero-order valence-corrected chi connectivity index (χ0v) is 21.5. The summed E-state index contributed by atoms with van der Waals surface area (Å²) in [5.41, 5.74) is 2.30. The summed E-state index contributed by atoms with van der Waals surface area (Å²) in [5, 5.41) is 8.94. The number of nitrogens with two attached hydrogens (primary N) is 1. The Labute approximate surface area is 231 Å². The fourth-order valence-electron chi connectivity index (χ4n) is 5.11. The van der Waals surface area contributed by atoms with Crippen LogP contribution in [0.3, 0.4) is 0 Å². The third kappa shape index (κ3) is 4.34. The number of pyridine rings is 2. The third-order valence-corrected chi connectivity index (χ3v) is 7.58. The van der Waals surface area contributed by atoms with E-state index < -0.39 is 40.6 Å². The fourth-order valence-corrected chi connectivity index (χ4v) is 5.57. The molecule has 2 fully saturated rings. The second-order valence-electron chi connectivity index (χ2n) is 9.45. The molecular formula is C27H20F4N6O2S. The molecule has 8 nitrogen and oxygen atoms in total. The number of thiocarbonyl (C=S) groups is 1. The van der Waals surface area contributed by atoms with Gasteiger partial charge in [0.15, 0.2) is 10.8 Å². The van der Waals surface area contributed by atoms with E-state index in [2.05, 4.69) is 9.97 Å². The van der Waals surface area contributed by atoms with Crippen molar-refractivity contribution in [3.05, 3.63) is 82.7 Å². The number of anilines is 2. The summed E-state index contributed by atoms with van der Waals surface area (Å²) in [6, 6.07) is 9.97. The lowest BCUT2D eigenvalue weighted by molar-refractivity contribution is -0.138. The van der Waals surface area contributed by atoms with Crippen LogP contribution in [0.25, 0.3) is 0 Å². The second-order valence-corrected chi connectivity index (χ2v) is 9.82. The number of nitrogens with zero attached hydrogens (tertiary/aromatic N) is 5. The lowest BCUT2D eigenvalue weighted by atomic mass is 9.75. The Hall–Kier alpha value is -4.44. The fraction of sp³-hybridized carbons (Fsp3) is 0.259. The van der Waals surface area contributed by atoms with Crippen LogP contribution in [0.4, 0.5) is 28.9 Å². The van der Waals surface area contributed by atoms with Crippen molar-refractivity contribution in [3.8, 4) is 6.07 Å². The van der Waals surface area contributed by atoms with E-state index in [4.69, 9.17) is 23.2 Å². The molecule has 1 aliphatic heterocycles. The van der Waals surface area contributed by atoms with E-state index in [9.17, 15) is 22.8 Å². The highest BCUT2D eigenvalue weighted by Gasteiger charge is 2.60. The van der Waals surface area contributed by atoms with Crippen molar-refractivity contribution in [1.29, 1.82) is 5.26 Å². The van der Waals surface area contributed by atoms with Gasteiger partial charge in [0, 0.05) is 17.5 Å². The number of hydrogen-bond donors (Lipinski definition) is 1. The SMILES string of the molecule is N#Cc1ncc(N2C(=O)C3(CCC3)N(c3ccc(C(N)=O)c(F)c3CCc3ccccn3)C2=S)cc1C(F)(F)F. The first-order valence-corrected chi connectivity index (χ1v) is 12.6. The Balaban J connectivity index is 1.63. The van der Waals surface area contributed by atoms with E-state index in [1.807, 2.05) is 0 Å². The van der Waals surface area contributed by atoms with Crippen LogP contribution in [0, 0.1) is 17.1 Å². The molecule has 2 aliphatic rings. The molecule has 40 heavy (non-hydrogen) atoms. The highest BCUT2D eigenvalue weighted by molar-refractivity contribution is 7.81. The molecule has 0 bridgehead atoms. The van der Waals surface area contributed by atoms with Crippen LogP contribution in [0.1, 0.15) is 52.1 Å². The number of primary amides is 1. The van der Waals surface area contributed by atoms with E-state index >= 15 is 4.39 Å². The summed E-state index contributed by atoms with van der Waals surface area (Å²) in [4.78, 5) is 36.0. The number of carbonyl (C=O) groups is 2. The van der Waals surface area contributed by atoms with Crippen molar-refractivity contribution in [2.75, 3.05) is 9.80 Å². The Morgan fingerprint density at radius 1 is 1.18 bits per heavy atom. The average molecular weight is 569 g/mol. The van der Waals surface area contributed by atoms with E-state index in [-0.39, 0.29) is 40.5 Å². The van der Waals surface area contributed by atoms with Crippen molar-refractivity contribution in [2.24, 2.45) is 5.73 Å². The first-order chi connectivity index (χ1) is 19.0. The van der Waals surface area contributed by atoms with Crippen LogP contribution in [-0.2, 0) is 23.8 Å². The molecule has 2 N–H and O–H groups in total. The van der Waals surface area contributed by atoms with Gasteiger partial charge in [-0.15, -0.1) is 0 Å². The van der Waals surface area contributed by atoms with Gasteiger partial charge in [-0.1, -0.05) is 6.07 Å². The molecule has 5 rings (SSSR count). The minimum absolute atomic E-state index is 0.0687. The Morgan fingerprint density at radius 2 is 1.93 bits per heavy atom. The zero-order chi connectivity index (χ0) is 28.8. The van der Waals surface area contributed by atoms with Gasteiger partial charge in [0.05, 0.1) is 28.7 Å². The zero-order valence-electron chi connectivity index (χ0n) is 20.7. The van der Waals surface area contributed by atoms with Crippen LogP contribution in [-0.4, -0.2) is 32.4 Å². The maximum absolute atomic E-state index is 15.8. The number of nitriles is 1. The molecule has 3 aromatic rings. The van der Waals surface area contributed by atoms with E-state index in [0.717, 1.165) is 11.1 Å². The number of alkyl halides is 3. The number of amides is 2. The number of aryl methyl sites for hydroxylation is 1. The summed E-state index contributed by atoms with van der Waals surface area (Å²) >= 11 is 5.65. The number of benzene rings is 1. The van der Waals surface area contributed by atoms with Crippen LogP contribution in [0.5, 0.6) is 0 Å². The second kappa shape index (κ2) is 9.95. The molecule has 1 saturated carbocycles. The van der Waals surface area contributed by atoms with Crippen molar-refractivity contribution in [1.82, 2.24) is 9.97 Å². The Morgan fingerprint density at radius 3 is 2.50 bits per heavy atom. The van der Waals surface area contributed by atoms with Gasteiger partial charge in [-0.25, -0.2) is 9.37 Å². The standard InChI is InChI=1S/C27H20F4N6O2S/c28-22-17(6-5-15-4-1-2-11-34-15)21(8-7-18(22)23(33)38)37-25(40)36(24(39)26(37)9-3-10-26)16-12-19(27(29,30)31)20(13-32)35-14-16/h1-2,4,7-8,11-12,14H,3,5-6,9-10H2,(H2,33,38). The van der Waals surface area contributed by atoms with Gasteiger partial charge < -0.3 is 10.6 Å². The van der Waals surface area contributed by atoms with Gasteiger partial charge >= 0.3 is 6.18 Å². The quantitative estimate of drug-likeness (QED) is 0.345. The third-order valence-electron chi connectivity index (χ3n) is 7.22. The number of rotatable bonds is 6. The minimum Gasteiger partial charge on any atom is -0.366 e. The maximum atomic E-state index is 15.8. The van der Waals surface area contributed by atoms with E-state index in [1.165, 1.54) is 23.1 Å². The lowest BCUT2D eigenvalue weighted by Crippen LogP contribution is -2.55. The molecule has 204 valence electrons. The summed E-state index contributed by atoms with van der Waals surface area (Å²) in [5.74, 6) is -2.44. The van der Waals surface area contributed by atoms with Gasteiger partial charge in [0.2, 0.25) is 0 Å². The van der Waals surface area contributed by atoms with Gasteiger partial charge in [-0.2, -0.15) is 18.4 Å². The predicted molar refractivity (Wildman–Crippen MR) is 140 cm³/mol. The maximum Gasteiger partial charge on any atom is 0.419 e. The molecule has 2 amide bonds. The molecule has 0 radical (unpaired) electrons. The monoisotopic (exact) mass is 568 g/mol. The van der Waals surface area contributed by atoms with Gasteiger partial charge in [0.1, 0.15) is 17.4 Å². The molecule has 13 heteroatoms. The van der Waals surface area contributed by atoms with E-state index in [0.29, 0.717) is 31.0 Å². The van der Waals surface area contributed by atoms with E-state index in [1.54, 1.807) is 24.4 Å². The minimum atomic E-state index is -4.90. The molecule has 2 aromatic heterocycles. The molecule has 0 atom stereocenters. The number of carbonyl (C=O) groups excluding carboxylic acids is 2. The van der Waals surface area contributed by atoms with Gasteiger partial charge in [0.25, 0.3) is 11.8 Å². The topological polar surface area (TPSA) is 116 Å². The van der Waals surface area contributed by atoms with Crippen LogP contribution in [0.2, 0.25) is 0 Å². The van der Waals surface area contributed by atoms with Crippen LogP contribution in [0.15, 0.2) is 48.8 Å². The molecule has 1 aliphatic carbocycles. The molecule has 1 saturated heterocycles. The summed E-state index contributed by atoms with van der Waals surface area (Å²) in [7, 11) is 0. The number of halogens is 4. The Kier molecular flexibility index (Phi) is 6.75. The number of hydrogen-bond acceptors (Lipinski definition) is 6. The molecule has 3 heterocycles. The largest absolute Gasteiger partial charge is 0.419 e. The van der Waals surface area contributed by atoms with Crippen molar-refractivity contribution in [2.45, 2.75) is 43.8 Å². The van der Waals surface area contributed by atoms with Crippen LogP contribution < -0.4 is 15.5 Å². The summed E-state index contributed by atoms with van der Waals surface area (Å²) in [6.45, 7) is 0. The molecular weight excluding hydrogens is 548 g/mol. The number of aromatic nitrogens is 2. The smallest absolute Gasteiger partial charge is 0.366 e. The summed E-state index contributed by atoms with van der Waals surface area (Å²) < 4.78 is 56.8. The Bertz CT molecular complexity index is 1580. The summed E-state index contributed by atoms with van der Waals surface area (Å²) in [6.07, 6.45) is -0.725. The highest BCUT2D eigenvalue weighted by Crippen LogP contribution is 2.49. The molecule has 0 unspecified atom stereocenters. The lowest BCUT2D eigenvalue weighted by Gasteiger charge is -2.43. The van der Waals surface area contributed by atoms with Crippen molar-refractivity contribution in [3.63, 3.8) is 0 Å².